The predicted octanol–water partition coefficient (Wildman–Crippen LogP) is 4.75. The molecule has 2 aromatic carbocycles. The van der Waals surface area contributed by atoms with E-state index in [9.17, 15) is 0 Å². The molecule has 0 spiro atoms. The van der Waals surface area contributed by atoms with Gasteiger partial charge >= 0.3 is 0 Å². The molecule has 130 valence electrons. The Kier molecular flexibility index (Phi) is 5.02. The maximum absolute atomic E-state index is 4.55. The number of aromatic nitrogens is 3. The fraction of sp³-hybridized carbons (Fsp3) is 0. The number of pyridine rings is 1. The zero-order valence-electron chi connectivity index (χ0n) is 14.8. The van der Waals surface area contributed by atoms with Crippen molar-refractivity contribution in [2.75, 3.05) is 0 Å². The highest BCUT2D eigenvalue weighted by Gasteiger charge is 2.03. The highest BCUT2D eigenvalue weighted by molar-refractivity contribution is 5.75. The van der Waals surface area contributed by atoms with Crippen molar-refractivity contribution in [1.29, 1.82) is 0 Å². The average Bonchev–Trinajstić information content (AvgIpc) is 3.16. The van der Waals surface area contributed by atoms with Gasteiger partial charge in [0, 0.05) is 12.4 Å². The number of benzene rings is 2. The number of para-hydroxylation sites is 2. The van der Waals surface area contributed by atoms with Crippen LogP contribution in [-0.4, -0.2) is 4.98 Å². The van der Waals surface area contributed by atoms with Gasteiger partial charge in [0.2, 0.25) is 5.95 Å². The average molecular weight is 349 g/mol. The molecule has 4 aromatic rings. The van der Waals surface area contributed by atoms with Crippen molar-refractivity contribution in [3.05, 3.63) is 115 Å². The molecule has 0 bridgehead atoms. The second-order valence-electron chi connectivity index (χ2n) is 6.06. The van der Waals surface area contributed by atoms with E-state index < -0.39 is 0 Å². The summed E-state index contributed by atoms with van der Waals surface area (Å²) in [6, 6.07) is 22.2. The van der Waals surface area contributed by atoms with Crippen molar-refractivity contribution >= 4 is 23.2 Å². The first-order valence-corrected chi connectivity index (χ1v) is 8.86. The summed E-state index contributed by atoms with van der Waals surface area (Å²) in [5, 5.41) is 0. The van der Waals surface area contributed by atoms with Gasteiger partial charge in [-0.15, -0.1) is 0 Å². The number of rotatable bonds is 5. The maximum Gasteiger partial charge on any atom is 0.234 e. The van der Waals surface area contributed by atoms with Gasteiger partial charge in [0.05, 0.1) is 11.0 Å². The minimum Gasteiger partial charge on any atom is -0.293 e. The third kappa shape index (κ3) is 4.28. The summed E-state index contributed by atoms with van der Waals surface area (Å²) >= 11 is 0. The number of imidazole rings is 1. The Morgan fingerprint density at radius 2 is 1.30 bits per heavy atom. The first kappa shape index (κ1) is 16.7. The van der Waals surface area contributed by atoms with Crippen LogP contribution in [-0.2, 0) is 0 Å². The molecule has 4 rings (SSSR count). The maximum atomic E-state index is 4.55. The molecule has 0 radical (unpaired) electrons. The molecule has 27 heavy (non-hydrogen) atoms. The van der Waals surface area contributed by atoms with Gasteiger partial charge in [-0.3, -0.25) is 4.57 Å². The van der Waals surface area contributed by atoms with Gasteiger partial charge in [-0.05, 0) is 35.4 Å². The Bertz CT molecular complexity index is 1070. The molecule has 0 fully saturated rings. The van der Waals surface area contributed by atoms with Gasteiger partial charge in [0.15, 0.2) is 0 Å². The van der Waals surface area contributed by atoms with Gasteiger partial charge in [-0.25, -0.2) is 9.97 Å². The Morgan fingerprint density at radius 3 is 2.00 bits per heavy atom. The SMILES string of the molecule is C(=C\C=C\c1cc[n+](-c2nc3ccccc3[n-]2)cc1)/C=C/c1ccccc1. The molecule has 2 heterocycles. The highest BCUT2D eigenvalue weighted by atomic mass is 15.1. The zero-order valence-corrected chi connectivity index (χ0v) is 14.8. The fourth-order valence-electron chi connectivity index (χ4n) is 2.72. The van der Waals surface area contributed by atoms with Crippen LogP contribution in [0.15, 0.2) is 103 Å². The molecule has 3 nitrogen and oxygen atoms in total. The van der Waals surface area contributed by atoms with E-state index in [1.165, 1.54) is 5.56 Å². The van der Waals surface area contributed by atoms with Crippen LogP contribution in [0.25, 0.3) is 29.1 Å². The predicted molar refractivity (Wildman–Crippen MR) is 110 cm³/mol. The molecule has 0 saturated carbocycles. The Morgan fingerprint density at radius 1 is 0.667 bits per heavy atom. The third-order valence-electron chi connectivity index (χ3n) is 4.12. The van der Waals surface area contributed by atoms with Crippen LogP contribution in [0.1, 0.15) is 11.1 Å². The lowest BCUT2D eigenvalue weighted by Gasteiger charge is -2.01. The van der Waals surface area contributed by atoms with Crippen LogP contribution in [0.2, 0.25) is 0 Å². The number of nitrogens with zero attached hydrogens (tertiary/aromatic N) is 3. The van der Waals surface area contributed by atoms with E-state index in [0.717, 1.165) is 16.6 Å². The van der Waals surface area contributed by atoms with Crippen LogP contribution in [0.4, 0.5) is 0 Å². The lowest BCUT2D eigenvalue weighted by molar-refractivity contribution is -0.603. The molecular formula is C24H19N3. The Balaban J connectivity index is 1.39. The van der Waals surface area contributed by atoms with E-state index in [2.05, 4.69) is 34.3 Å². The quantitative estimate of drug-likeness (QED) is 0.384. The van der Waals surface area contributed by atoms with E-state index >= 15 is 0 Å². The molecule has 2 aromatic heterocycles. The fourth-order valence-corrected chi connectivity index (χ4v) is 2.72. The molecule has 0 aliphatic heterocycles. The molecule has 3 heteroatoms. The lowest BCUT2D eigenvalue weighted by Crippen LogP contribution is -2.31. The van der Waals surface area contributed by atoms with Crippen LogP contribution in [0.3, 0.4) is 0 Å². The van der Waals surface area contributed by atoms with Crippen molar-refractivity contribution in [2.45, 2.75) is 0 Å². The van der Waals surface area contributed by atoms with Crippen molar-refractivity contribution in [3.63, 3.8) is 0 Å². The molecule has 0 unspecified atom stereocenters. The van der Waals surface area contributed by atoms with Crippen molar-refractivity contribution < 1.29 is 4.57 Å². The van der Waals surface area contributed by atoms with E-state index in [1.54, 1.807) is 0 Å². The second-order valence-corrected chi connectivity index (χ2v) is 6.06. The summed E-state index contributed by atoms with van der Waals surface area (Å²) in [4.78, 5) is 9.10. The number of hydrogen-bond donors (Lipinski definition) is 0. The summed E-state index contributed by atoms with van der Waals surface area (Å²) in [6.45, 7) is 0. The summed E-state index contributed by atoms with van der Waals surface area (Å²) in [5.41, 5.74) is 4.15. The van der Waals surface area contributed by atoms with Crippen LogP contribution in [0.5, 0.6) is 0 Å². The standard InChI is InChI=1S/C24H19N3/c1(4-10-20-11-6-3-7-12-20)2-5-13-21-16-18-27(19-17-21)24-25-22-14-8-9-15-23(22)26-24/h1-19H/b2-1+,10-4+,13-5+. The summed E-state index contributed by atoms with van der Waals surface area (Å²) < 4.78 is 1.93. The molecule has 0 N–H and O–H groups in total. The summed E-state index contributed by atoms with van der Waals surface area (Å²) in [6.07, 6.45) is 16.2. The Labute approximate surface area is 158 Å². The lowest BCUT2D eigenvalue weighted by atomic mass is 10.2. The topological polar surface area (TPSA) is 30.9 Å². The minimum atomic E-state index is 0.692. The van der Waals surface area contributed by atoms with Crippen molar-refractivity contribution in [3.8, 4) is 5.95 Å². The van der Waals surface area contributed by atoms with Gasteiger partial charge in [0.25, 0.3) is 0 Å². The van der Waals surface area contributed by atoms with Crippen LogP contribution >= 0.6 is 0 Å². The molecule has 0 amide bonds. The van der Waals surface area contributed by atoms with Crippen molar-refractivity contribution in [2.24, 2.45) is 0 Å². The monoisotopic (exact) mass is 349 g/mol. The van der Waals surface area contributed by atoms with Gasteiger partial charge in [-0.2, -0.15) is 0 Å². The molecule has 0 aliphatic rings. The number of fused-ring (bicyclic) bond motifs is 1. The highest BCUT2D eigenvalue weighted by Crippen LogP contribution is 2.09. The summed E-state index contributed by atoms with van der Waals surface area (Å²) in [5.74, 6) is 0.692. The smallest absolute Gasteiger partial charge is 0.234 e. The minimum absolute atomic E-state index is 0.692. The number of hydrogen-bond acceptors (Lipinski definition) is 1. The van der Waals surface area contributed by atoms with Gasteiger partial charge < -0.3 is 0 Å². The number of allylic oxidation sites excluding steroid dienone is 4. The summed E-state index contributed by atoms with van der Waals surface area (Å²) in [7, 11) is 0. The van der Waals surface area contributed by atoms with Crippen LogP contribution < -0.4 is 9.55 Å². The first-order chi connectivity index (χ1) is 13.4. The van der Waals surface area contributed by atoms with Crippen molar-refractivity contribution in [1.82, 2.24) is 9.97 Å². The zero-order chi connectivity index (χ0) is 18.3. The molecular weight excluding hydrogens is 330 g/mol. The molecule has 0 atom stereocenters. The van der Waals surface area contributed by atoms with E-state index in [1.807, 2.05) is 95.9 Å². The van der Waals surface area contributed by atoms with Gasteiger partial charge in [-0.1, -0.05) is 78.9 Å². The first-order valence-electron chi connectivity index (χ1n) is 8.86. The third-order valence-corrected chi connectivity index (χ3v) is 4.12. The molecule has 0 saturated heterocycles. The van der Waals surface area contributed by atoms with Crippen LogP contribution in [0, 0.1) is 0 Å². The second kappa shape index (κ2) is 8.11. The van der Waals surface area contributed by atoms with E-state index in [-0.39, 0.29) is 0 Å². The van der Waals surface area contributed by atoms with Gasteiger partial charge in [0.1, 0.15) is 0 Å². The Hall–Kier alpha value is -3.72. The molecule has 0 aliphatic carbocycles. The largest absolute Gasteiger partial charge is 0.293 e. The normalized spacial score (nSPS) is 12.0. The van der Waals surface area contributed by atoms with E-state index in [0.29, 0.717) is 5.95 Å². The van der Waals surface area contributed by atoms with E-state index in [4.69, 9.17) is 0 Å².